The number of rotatable bonds is 6. The number of imide groups is 1. The second-order valence-corrected chi connectivity index (χ2v) is 10.1. The van der Waals surface area contributed by atoms with Crippen molar-refractivity contribution in [2.75, 3.05) is 0 Å². The van der Waals surface area contributed by atoms with Crippen LogP contribution in [0.2, 0.25) is 0 Å². The second-order valence-electron chi connectivity index (χ2n) is 9.06. The zero-order chi connectivity index (χ0) is 25.7. The topological polar surface area (TPSA) is 86.6 Å². The van der Waals surface area contributed by atoms with E-state index in [-0.39, 0.29) is 23.0 Å². The number of aromatic hydroxyl groups is 1. The average molecular weight is 519 g/mol. The van der Waals surface area contributed by atoms with E-state index in [0.29, 0.717) is 17.8 Å². The molecule has 2 fully saturated rings. The van der Waals surface area contributed by atoms with Gasteiger partial charge in [0.2, 0.25) is 0 Å². The summed E-state index contributed by atoms with van der Waals surface area (Å²) in [5, 5.41) is 18.2. The summed E-state index contributed by atoms with van der Waals surface area (Å²) in [4.78, 5) is 30.4. The van der Waals surface area contributed by atoms with Gasteiger partial charge in [-0.25, -0.2) is 13.6 Å². The third kappa shape index (κ3) is 3.75. The van der Waals surface area contributed by atoms with Gasteiger partial charge < -0.3 is 10.0 Å². The Balaban J connectivity index is 1.34. The van der Waals surface area contributed by atoms with E-state index in [2.05, 4.69) is 10.2 Å². The largest absolute Gasteiger partial charge is 0.503 e. The van der Waals surface area contributed by atoms with Crippen LogP contribution in [-0.4, -0.2) is 42.6 Å². The highest BCUT2D eigenvalue weighted by molar-refractivity contribution is 7.14. The molecule has 3 amide bonds. The van der Waals surface area contributed by atoms with E-state index in [1.807, 2.05) is 60.7 Å². The van der Waals surface area contributed by atoms with Crippen molar-refractivity contribution < 1.29 is 23.5 Å². The number of carbonyl (C=O) groups excluding carboxylic acids is 2. The minimum atomic E-state index is -1.13. The van der Waals surface area contributed by atoms with Crippen LogP contribution >= 0.6 is 11.3 Å². The molecular weight excluding hydrogens is 498 g/mol. The van der Waals surface area contributed by atoms with Gasteiger partial charge in [-0.05, 0) is 36.1 Å². The molecular formula is C27H20F2N4O3S. The van der Waals surface area contributed by atoms with Gasteiger partial charge in [0.25, 0.3) is 5.91 Å². The van der Waals surface area contributed by atoms with Gasteiger partial charge >= 0.3 is 6.03 Å². The van der Waals surface area contributed by atoms with Crippen LogP contribution in [0.25, 0.3) is 10.6 Å². The normalized spacial score (nSPS) is 16.3. The first kappa shape index (κ1) is 23.2. The lowest BCUT2D eigenvalue weighted by atomic mass is 9.97. The maximum Gasteiger partial charge on any atom is 0.328 e. The quantitative estimate of drug-likeness (QED) is 0.351. The molecule has 1 saturated heterocycles. The summed E-state index contributed by atoms with van der Waals surface area (Å²) in [6, 6.07) is 19.9. The summed E-state index contributed by atoms with van der Waals surface area (Å²) < 4.78 is 27.9. The molecule has 1 aromatic heterocycles. The standard InChI is InChI=1S/C27H20F2N4O3S/c28-19-12-11-18(21(29)23(19)34)24-31-30-20(37-24)15-32-26(36)33(25(35)27(32)13-14-27)22(16-7-3-1-4-8-16)17-9-5-2-6-10-17/h1-12,22,34H,13-15H2. The molecule has 0 radical (unpaired) electrons. The Hall–Kier alpha value is -4.18. The van der Waals surface area contributed by atoms with Crippen molar-refractivity contribution in [3.05, 3.63) is 101 Å². The number of halogens is 2. The van der Waals surface area contributed by atoms with Crippen LogP contribution < -0.4 is 0 Å². The van der Waals surface area contributed by atoms with Gasteiger partial charge in [-0.1, -0.05) is 72.0 Å². The van der Waals surface area contributed by atoms with Gasteiger partial charge in [-0.2, -0.15) is 0 Å². The van der Waals surface area contributed by atoms with E-state index < -0.39 is 35.0 Å². The second kappa shape index (κ2) is 8.74. The lowest BCUT2D eigenvalue weighted by Crippen LogP contribution is -2.36. The molecule has 0 unspecified atom stereocenters. The molecule has 0 atom stereocenters. The Morgan fingerprint density at radius 3 is 2.14 bits per heavy atom. The fourth-order valence-corrected chi connectivity index (χ4v) is 5.67. The minimum Gasteiger partial charge on any atom is -0.503 e. The fourth-order valence-electron chi connectivity index (χ4n) is 4.82. The third-order valence-electron chi connectivity index (χ3n) is 6.84. The molecule has 3 aromatic carbocycles. The zero-order valence-electron chi connectivity index (χ0n) is 19.3. The number of phenols is 1. The summed E-state index contributed by atoms with van der Waals surface area (Å²) >= 11 is 1.02. The summed E-state index contributed by atoms with van der Waals surface area (Å²) in [5.41, 5.74) is 0.600. The van der Waals surface area contributed by atoms with E-state index in [1.165, 1.54) is 15.9 Å². The van der Waals surface area contributed by atoms with Crippen LogP contribution in [0, 0.1) is 11.6 Å². The number of nitrogens with zero attached hydrogens (tertiary/aromatic N) is 4. The molecule has 7 nitrogen and oxygen atoms in total. The summed E-state index contributed by atoms with van der Waals surface area (Å²) in [5.74, 6) is -3.55. The van der Waals surface area contributed by atoms with Gasteiger partial charge in [0, 0.05) is 0 Å². The van der Waals surface area contributed by atoms with Crippen LogP contribution in [-0.2, 0) is 11.3 Å². The van der Waals surface area contributed by atoms with Crippen molar-refractivity contribution in [2.24, 2.45) is 0 Å². The molecule has 1 saturated carbocycles. The average Bonchev–Trinajstić information content (AvgIpc) is 3.55. The number of benzene rings is 3. The van der Waals surface area contributed by atoms with Crippen LogP contribution in [0.15, 0.2) is 72.8 Å². The molecule has 1 aliphatic heterocycles. The smallest absolute Gasteiger partial charge is 0.328 e. The van der Waals surface area contributed by atoms with Crippen LogP contribution in [0.1, 0.15) is 35.0 Å². The molecule has 1 spiro atoms. The van der Waals surface area contributed by atoms with Crippen molar-refractivity contribution in [3.63, 3.8) is 0 Å². The first-order valence-electron chi connectivity index (χ1n) is 11.7. The molecule has 1 N–H and O–H groups in total. The third-order valence-corrected chi connectivity index (χ3v) is 7.78. The highest BCUT2D eigenvalue weighted by atomic mass is 32.1. The van der Waals surface area contributed by atoms with Crippen molar-refractivity contribution in [1.29, 1.82) is 0 Å². The maximum atomic E-state index is 14.4. The Morgan fingerprint density at radius 1 is 0.919 bits per heavy atom. The maximum absolute atomic E-state index is 14.4. The number of aromatic nitrogens is 2. The zero-order valence-corrected chi connectivity index (χ0v) is 20.2. The van der Waals surface area contributed by atoms with Gasteiger partial charge in [-0.15, -0.1) is 10.2 Å². The SMILES string of the molecule is O=C1N(C(c2ccccc2)c2ccccc2)C(=O)C2(CC2)N1Cc1nnc(-c2ccc(F)c(O)c2F)s1. The predicted octanol–water partition coefficient (Wildman–Crippen LogP) is 5.28. The number of hydrogen-bond acceptors (Lipinski definition) is 6. The predicted molar refractivity (Wildman–Crippen MR) is 131 cm³/mol. The molecule has 2 heterocycles. The number of phenolic OH excluding ortho intramolecular Hbond substituents is 1. The highest BCUT2D eigenvalue weighted by Crippen LogP contribution is 2.51. The molecule has 6 rings (SSSR count). The van der Waals surface area contributed by atoms with Crippen LogP contribution in [0.3, 0.4) is 0 Å². The summed E-state index contributed by atoms with van der Waals surface area (Å²) in [6.07, 6.45) is 1.08. The van der Waals surface area contributed by atoms with Gasteiger partial charge in [0.1, 0.15) is 10.5 Å². The Kier molecular flexibility index (Phi) is 5.49. The van der Waals surface area contributed by atoms with Gasteiger partial charge in [-0.3, -0.25) is 9.69 Å². The molecule has 10 heteroatoms. The number of hydrogen-bond donors (Lipinski definition) is 1. The van der Waals surface area contributed by atoms with Crippen molar-refractivity contribution in [1.82, 2.24) is 20.0 Å². The lowest BCUT2D eigenvalue weighted by Gasteiger charge is -2.27. The monoisotopic (exact) mass is 518 g/mol. The summed E-state index contributed by atoms with van der Waals surface area (Å²) in [6.45, 7) is 0.0177. The van der Waals surface area contributed by atoms with E-state index in [0.717, 1.165) is 28.5 Å². The van der Waals surface area contributed by atoms with Crippen molar-refractivity contribution >= 4 is 23.3 Å². The van der Waals surface area contributed by atoms with E-state index in [4.69, 9.17) is 0 Å². The van der Waals surface area contributed by atoms with E-state index >= 15 is 0 Å². The molecule has 2 aliphatic rings. The first-order valence-corrected chi connectivity index (χ1v) is 12.5. The molecule has 186 valence electrons. The van der Waals surface area contributed by atoms with Gasteiger partial charge in [0.15, 0.2) is 22.4 Å². The van der Waals surface area contributed by atoms with E-state index in [9.17, 15) is 23.5 Å². The lowest BCUT2D eigenvalue weighted by molar-refractivity contribution is -0.130. The number of carbonyl (C=O) groups is 2. The Bertz CT molecular complexity index is 1470. The van der Waals surface area contributed by atoms with Gasteiger partial charge in [0.05, 0.1) is 18.2 Å². The summed E-state index contributed by atoms with van der Waals surface area (Å²) in [7, 11) is 0. The van der Waals surface area contributed by atoms with Crippen LogP contribution in [0.5, 0.6) is 5.75 Å². The molecule has 1 aliphatic carbocycles. The Morgan fingerprint density at radius 2 is 1.54 bits per heavy atom. The molecule has 0 bridgehead atoms. The highest BCUT2D eigenvalue weighted by Gasteiger charge is 2.66. The minimum absolute atomic E-state index is 0.0177. The number of amides is 3. The Labute approximate surface area is 214 Å². The first-order chi connectivity index (χ1) is 17.9. The van der Waals surface area contributed by atoms with Crippen molar-refractivity contribution in [3.8, 4) is 16.3 Å². The fraction of sp³-hybridized carbons (Fsp3) is 0.185. The molecule has 37 heavy (non-hydrogen) atoms. The number of urea groups is 1. The van der Waals surface area contributed by atoms with Crippen molar-refractivity contribution in [2.45, 2.75) is 31.0 Å². The van der Waals surface area contributed by atoms with E-state index in [1.54, 1.807) is 0 Å². The van der Waals surface area contributed by atoms with Crippen LogP contribution in [0.4, 0.5) is 13.6 Å². The molecule has 4 aromatic rings.